The topological polar surface area (TPSA) is 64.0 Å². The molecule has 1 unspecified atom stereocenters. The van der Waals surface area contributed by atoms with Crippen molar-refractivity contribution in [3.05, 3.63) is 46.8 Å². The highest BCUT2D eigenvalue weighted by Gasteiger charge is 2.21. The molecule has 0 bridgehead atoms. The second-order valence-electron chi connectivity index (χ2n) is 7.62. The van der Waals surface area contributed by atoms with Crippen molar-refractivity contribution in [2.24, 2.45) is 5.92 Å². The Morgan fingerprint density at radius 3 is 2.36 bits per heavy atom. The fraction of sp³-hybridized carbons (Fsp3) is 0.500. The Balaban J connectivity index is 2.05. The highest BCUT2D eigenvalue weighted by molar-refractivity contribution is 8.00. The van der Waals surface area contributed by atoms with Gasteiger partial charge in [0.25, 0.3) is 0 Å². The van der Waals surface area contributed by atoms with Crippen molar-refractivity contribution in [1.29, 1.82) is 0 Å². The number of hydrogen-bond acceptors (Lipinski definition) is 4. The van der Waals surface area contributed by atoms with Gasteiger partial charge in [-0.15, -0.1) is 0 Å². The van der Waals surface area contributed by atoms with Crippen molar-refractivity contribution in [3.8, 4) is 0 Å². The number of hydrogen-bond donors (Lipinski definition) is 1. The predicted octanol–water partition coefficient (Wildman–Crippen LogP) is 4.20. The Bertz CT molecular complexity index is 825. The average Bonchev–Trinajstić information content (AvgIpc) is 2.88. The van der Waals surface area contributed by atoms with Gasteiger partial charge in [0.2, 0.25) is 5.91 Å². The van der Waals surface area contributed by atoms with E-state index in [0.29, 0.717) is 18.0 Å². The SMILES string of the molecule is CC(=O)NCCc1ccc(C(=O)C(C)Sc2nc(C)c(C)n2CC(C)C)cc1. The molecule has 6 heteroatoms. The molecule has 1 aromatic heterocycles. The minimum atomic E-state index is -0.211. The van der Waals surface area contributed by atoms with Gasteiger partial charge in [-0.25, -0.2) is 4.98 Å². The molecule has 28 heavy (non-hydrogen) atoms. The first-order valence-corrected chi connectivity index (χ1v) is 10.6. The van der Waals surface area contributed by atoms with Gasteiger partial charge >= 0.3 is 0 Å². The standard InChI is InChI=1S/C22H31N3O2S/c1-14(2)13-25-16(4)15(3)24-22(25)28-17(5)21(27)20-9-7-19(8-10-20)11-12-23-18(6)26/h7-10,14,17H,11-13H2,1-6H3,(H,23,26). The third-order valence-corrected chi connectivity index (χ3v) is 5.74. The van der Waals surface area contributed by atoms with Gasteiger partial charge in [0, 0.05) is 31.3 Å². The molecule has 2 rings (SSSR count). The first-order chi connectivity index (χ1) is 13.2. The number of thioether (sulfide) groups is 1. The van der Waals surface area contributed by atoms with Crippen LogP contribution in [0.2, 0.25) is 0 Å². The predicted molar refractivity (Wildman–Crippen MR) is 115 cm³/mol. The van der Waals surface area contributed by atoms with Crippen LogP contribution in [-0.2, 0) is 17.8 Å². The van der Waals surface area contributed by atoms with Crippen LogP contribution in [0.1, 0.15) is 55.0 Å². The Labute approximate surface area is 172 Å². The Morgan fingerprint density at radius 2 is 1.79 bits per heavy atom. The van der Waals surface area contributed by atoms with Gasteiger partial charge in [-0.3, -0.25) is 9.59 Å². The van der Waals surface area contributed by atoms with E-state index in [2.05, 4.69) is 35.6 Å². The van der Waals surface area contributed by atoms with Gasteiger partial charge < -0.3 is 9.88 Å². The lowest BCUT2D eigenvalue weighted by atomic mass is 10.0. The maximum absolute atomic E-state index is 12.9. The molecule has 1 N–H and O–H groups in total. The summed E-state index contributed by atoms with van der Waals surface area (Å²) in [6.45, 7) is 13.4. The smallest absolute Gasteiger partial charge is 0.216 e. The first-order valence-electron chi connectivity index (χ1n) is 9.77. The summed E-state index contributed by atoms with van der Waals surface area (Å²) in [5.41, 5.74) is 3.99. The van der Waals surface area contributed by atoms with Crippen molar-refractivity contribution >= 4 is 23.5 Å². The number of carbonyl (C=O) groups is 2. The zero-order valence-corrected chi connectivity index (χ0v) is 18.5. The van der Waals surface area contributed by atoms with Gasteiger partial charge in [0.1, 0.15) is 0 Å². The number of imidazole rings is 1. The first kappa shape index (κ1) is 22.2. The van der Waals surface area contributed by atoms with Gasteiger partial charge in [-0.1, -0.05) is 49.9 Å². The van der Waals surface area contributed by atoms with Crippen LogP contribution in [0.5, 0.6) is 0 Å². The van der Waals surface area contributed by atoms with E-state index in [-0.39, 0.29) is 16.9 Å². The monoisotopic (exact) mass is 401 g/mol. The number of nitrogens with one attached hydrogen (secondary N) is 1. The molecule has 2 aromatic rings. The van der Waals surface area contributed by atoms with Crippen LogP contribution in [0.3, 0.4) is 0 Å². The van der Waals surface area contributed by atoms with Crippen molar-refractivity contribution in [3.63, 3.8) is 0 Å². The van der Waals surface area contributed by atoms with Crippen LogP contribution in [0, 0.1) is 19.8 Å². The Morgan fingerprint density at radius 1 is 1.14 bits per heavy atom. The molecule has 1 atom stereocenters. The summed E-state index contributed by atoms with van der Waals surface area (Å²) in [4.78, 5) is 28.5. The highest BCUT2D eigenvalue weighted by Crippen LogP contribution is 2.28. The molecule has 5 nitrogen and oxygen atoms in total. The number of amides is 1. The zero-order chi connectivity index (χ0) is 20.8. The minimum Gasteiger partial charge on any atom is -0.356 e. The lowest BCUT2D eigenvalue weighted by Crippen LogP contribution is -2.22. The van der Waals surface area contributed by atoms with Crippen LogP contribution in [0.25, 0.3) is 0 Å². The van der Waals surface area contributed by atoms with Crippen LogP contribution in [0.4, 0.5) is 0 Å². The lowest BCUT2D eigenvalue weighted by Gasteiger charge is -2.15. The quantitative estimate of drug-likeness (QED) is 0.505. The molecule has 0 aliphatic heterocycles. The van der Waals surface area contributed by atoms with Crippen molar-refractivity contribution < 1.29 is 9.59 Å². The number of ketones is 1. The maximum atomic E-state index is 12.9. The molecule has 1 aromatic carbocycles. The Kier molecular flexibility index (Phi) is 7.87. The van der Waals surface area contributed by atoms with E-state index >= 15 is 0 Å². The zero-order valence-electron chi connectivity index (χ0n) is 17.7. The molecule has 152 valence electrons. The largest absolute Gasteiger partial charge is 0.356 e. The molecule has 0 saturated heterocycles. The molecule has 0 radical (unpaired) electrons. The molecule has 0 aliphatic rings. The van der Waals surface area contributed by atoms with Crippen LogP contribution >= 0.6 is 11.8 Å². The maximum Gasteiger partial charge on any atom is 0.216 e. The lowest BCUT2D eigenvalue weighted by molar-refractivity contribution is -0.118. The summed E-state index contributed by atoms with van der Waals surface area (Å²) < 4.78 is 2.22. The summed E-state index contributed by atoms with van der Waals surface area (Å²) in [5.74, 6) is 0.592. The fourth-order valence-electron chi connectivity index (χ4n) is 2.96. The molecule has 0 aliphatic carbocycles. The van der Waals surface area contributed by atoms with Gasteiger partial charge in [0.05, 0.1) is 10.9 Å². The number of Topliss-reactive ketones (excluding diaryl/α,β-unsaturated/α-hetero) is 1. The van der Waals surface area contributed by atoms with E-state index in [9.17, 15) is 9.59 Å². The second-order valence-corrected chi connectivity index (χ2v) is 8.93. The van der Waals surface area contributed by atoms with Crippen molar-refractivity contribution in [2.75, 3.05) is 6.54 Å². The fourth-order valence-corrected chi connectivity index (χ4v) is 4.05. The molecule has 1 amide bonds. The number of aryl methyl sites for hydroxylation is 1. The number of rotatable bonds is 9. The van der Waals surface area contributed by atoms with E-state index in [1.807, 2.05) is 38.1 Å². The molecular weight excluding hydrogens is 370 g/mol. The molecule has 1 heterocycles. The van der Waals surface area contributed by atoms with E-state index < -0.39 is 0 Å². The van der Waals surface area contributed by atoms with E-state index in [4.69, 9.17) is 0 Å². The summed E-state index contributed by atoms with van der Waals surface area (Å²) in [6, 6.07) is 7.67. The number of nitrogens with zero attached hydrogens (tertiary/aromatic N) is 2. The Hall–Kier alpha value is -2.08. The van der Waals surface area contributed by atoms with E-state index in [1.54, 1.807) is 0 Å². The number of carbonyl (C=O) groups excluding carboxylic acids is 2. The number of benzene rings is 1. The third kappa shape index (κ3) is 5.96. The summed E-state index contributed by atoms with van der Waals surface area (Å²) in [5, 5.41) is 3.49. The van der Waals surface area contributed by atoms with Crippen molar-refractivity contribution in [2.45, 2.75) is 64.9 Å². The molecule has 0 spiro atoms. The normalized spacial score (nSPS) is 12.2. The highest BCUT2D eigenvalue weighted by atomic mass is 32.2. The molecule has 0 saturated carbocycles. The summed E-state index contributed by atoms with van der Waals surface area (Å²) >= 11 is 1.53. The van der Waals surface area contributed by atoms with Crippen LogP contribution in [-0.4, -0.2) is 33.0 Å². The second kappa shape index (κ2) is 9.92. The minimum absolute atomic E-state index is 0.0288. The van der Waals surface area contributed by atoms with Crippen molar-refractivity contribution in [1.82, 2.24) is 14.9 Å². The van der Waals surface area contributed by atoms with Crippen LogP contribution in [0.15, 0.2) is 29.4 Å². The van der Waals surface area contributed by atoms with Gasteiger partial charge in [-0.2, -0.15) is 0 Å². The summed E-state index contributed by atoms with van der Waals surface area (Å²) in [6.07, 6.45) is 0.754. The third-order valence-electron chi connectivity index (χ3n) is 4.65. The molecule has 0 fully saturated rings. The van der Waals surface area contributed by atoms with Gasteiger partial charge in [0.15, 0.2) is 10.9 Å². The van der Waals surface area contributed by atoms with E-state index in [0.717, 1.165) is 29.4 Å². The van der Waals surface area contributed by atoms with Gasteiger partial charge in [-0.05, 0) is 38.7 Å². The number of aromatic nitrogens is 2. The average molecular weight is 402 g/mol. The van der Waals surface area contributed by atoms with E-state index in [1.165, 1.54) is 24.4 Å². The van der Waals surface area contributed by atoms with Crippen LogP contribution < -0.4 is 5.32 Å². The summed E-state index contributed by atoms with van der Waals surface area (Å²) in [7, 11) is 0. The molecular formula is C22H31N3O2S.